The highest BCUT2D eigenvalue weighted by atomic mass is 35.5. The molecule has 0 atom stereocenters. The molecule has 0 saturated heterocycles. The molecule has 3 aromatic rings. The van der Waals surface area contributed by atoms with Crippen molar-refractivity contribution in [1.29, 1.82) is 0 Å². The molecular formula is C17H14ClNO2. The van der Waals surface area contributed by atoms with Crippen LogP contribution in [0.1, 0.15) is 5.56 Å². The van der Waals surface area contributed by atoms with E-state index in [9.17, 15) is 0 Å². The van der Waals surface area contributed by atoms with Crippen molar-refractivity contribution in [2.24, 2.45) is 0 Å². The van der Waals surface area contributed by atoms with E-state index in [1.54, 1.807) is 13.3 Å². The fraction of sp³-hybridized carbons (Fsp3) is 0.118. The predicted molar refractivity (Wildman–Crippen MR) is 84.4 cm³/mol. The van der Waals surface area contributed by atoms with E-state index in [0.29, 0.717) is 23.3 Å². The third kappa shape index (κ3) is 2.65. The van der Waals surface area contributed by atoms with Crippen LogP contribution < -0.4 is 9.47 Å². The maximum absolute atomic E-state index is 5.97. The van der Waals surface area contributed by atoms with Gasteiger partial charge in [-0.2, -0.15) is 0 Å². The van der Waals surface area contributed by atoms with Gasteiger partial charge in [0, 0.05) is 17.5 Å². The summed E-state index contributed by atoms with van der Waals surface area (Å²) < 4.78 is 11.2. The lowest BCUT2D eigenvalue weighted by atomic mass is 10.1. The van der Waals surface area contributed by atoms with Crippen molar-refractivity contribution in [3.05, 3.63) is 60.3 Å². The molecule has 0 aliphatic rings. The molecule has 0 aliphatic heterocycles. The number of rotatable bonds is 4. The van der Waals surface area contributed by atoms with E-state index in [4.69, 9.17) is 21.1 Å². The number of aromatic nitrogens is 1. The number of fused-ring (bicyclic) bond motifs is 1. The van der Waals surface area contributed by atoms with Crippen LogP contribution in [0.5, 0.6) is 17.4 Å². The Hall–Kier alpha value is -2.26. The number of hydrogen-bond acceptors (Lipinski definition) is 3. The van der Waals surface area contributed by atoms with Crippen molar-refractivity contribution < 1.29 is 9.47 Å². The average Bonchev–Trinajstić information content (AvgIpc) is 2.55. The van der Waals surface area contributed by atoms with Gasteiger partial charge in [-0.3, -0.25) is 0 Å². The SMILES string of the molecule is COc1ccccc1Oc1ncc(CCl)c2ccccc12. The molecule has 2 aromatic carbocycles. The number of methoxy groups -OCH3 is 1. The Kier molecular flexibility index (Phi) is 3.93. The second kappa shape index (κ2) is 6.02. The first-order chi connectivity index (χ1) is 10.3. The predicted octanol–water partition coefficient (Wildman–Crippen LogP) is 4.77. The first kappa shape index (κ1) is 13.7. The highest BCUT2D eigenvalue weighted by Gasteiger charge is 2.11. The molecule has 0 amide bonds. The van der Waals surface area contributed by atoms with Crippen LogP contribution in [0.2, 0.25) is 0 Å². The van der Waals surface area contributed by atoms with E-state index in [2.05, 4.69) is 4.98 Å². The van der Waals surface area contributed by atoms with E-state index >= 15 is 0 Å². The Morgan fingerprint density at radius 3 is 2.33 bits per heavy atom. The molecule has 0 N–H and O–H groups in total. The van der Waals surface area contributed by atoms with Crippen LogP contribution in [0.3, 0.4) is 0 Å². The molecule has 0 aliphatic carbocycles. The van der Waals surface area contributed by atoms with Crippen LogP contribution in [0.4, 0.5) is 0 Å². The van der Waals surface area contributed by atoms with Gasteiger partial charge >= 0.3 is 0 Å². The topological polar surface area (TPSA) is 31.4 Å². The minimum Gasteiger partial charge on any atom is -0.493 e. The van der Waals surface area contributed by atoms with Gasteiger partial charge < -0.3 is 9.47 Å². The number of para-hydroxylation sites is 2. The molecule has 0 spiro atoms. The van der Waals surface area contributed by atoms with E-state index < -0.39 is 0 Å². The molecule has 1 heterocycles. The van der Waals surface area contributed by atoms with Crippen molar-refractivity contribution in [3.63, 3.8) is 0 Å². The Labute approximate surface area is 128 Å². The number of ether oxygens (including phenoxy) is 2. The van der Waals surface area contributed by atoms with Crippen LogP contribution in [0, 0.1) is 0 Å². The number of alkyl halides is 1. The monoisotopic (exact) mass is 299 g/mol. The highest BCUT2D eigenvalue weighted by Crippen LogP contribution is 2.34. The molecule has 4 heteroatoms. The zero-order valence-electron chi connectivity index (χ0n) is 11.5. The number of hydrogen-bond donors (Lipinski definition) is 0. The standard InChI is InChI=1S/C17H14ClNO2/c1-20-15-8-4-5-9-16(15)21-17-14-7-3-2-6-13(14)12(10-18)11-19-17/h2-9,11H,10H2,1H3. The smallest absolute Gasteiger partial charge is 0.227 e. The quantitative estimate of drug-likeness (QED) is 0.650. The van der Waals surface area contributed by atoms with Crippen molar-refractivity contribution in [2.45, 2.75) is 5.88 Å². The maximum Gasteiger partial charge on any atom is 0.227 e. The Balaban J connectivity index is 2.09. The average molecular weight is 300 g/mol. The maximum atomic E-state index is 5.97. The number of benzene rings is 2. The van der Waals surface area contributed by atoms with Crippen molar-refractivity contribution in [3.8, 4) is 17.4 Å². The van der Waals surface area contributed by atoms with Crippen LogP contribution in [-0.2, 0) is 5.88 Å². The molecule has 0 fully saturated rings. The summed E-state index contributed by atoms with van der Waals surface area (Å²) in [4.78, 5) is 4.39. The molecule has 0 radical (unpaired) electrons. The molecule has 21 heavy (non-hydrogen) atoms. The molecule has 106 valence electrons. The van der Waals surface area contributed by atoms with Gasteiger partial charge in [0.2, 0.25) is 5.88 Å². The molecule has 3 rings (SSSR count). The summed E-state index contributed by atoms with van der Waals surface area (Å²) in [5.41, 5.74) is 0.986. The number of halogens is 1. The van der Waals surface area contributed by atoms with E-state index in [1.807, 2.05) is 48.5 Å². The first-order valence-corrected chi connectivity index (χ1v) is 7.10. The molecule has 0 unspecified atom stereocenters. The lowest BCUT2D eigenvalue weighted by Crippen LogP contribution is -1.94. The summed E-state index contributed by atoms with van der Waals surface area (Å²) in [6.45, 7) is 0. The third-order valence-electron chi connectivity index (χ3n) is 3.26. The summed E-state index contributed by atoms with van der Waals surface area (Å²) in [5.74, 6) is 2.27. The number of pyridine rings is 1. The summed E-state index contributed by atoms with van der Waals surface area (Å²) >= 11 is 5.97. The van der Waals surface area contributed by atoms with Gasteiger partial charge in [-0.05, 0) is 29.1 Å². The molecule has 3 nitrogen and oxygen atoms in total. The van der Waals surface area contributed by atoms with E-state index in [-0.39, 0.29) is 0 Å². The second-order valence-electron chi connectivity index (χ2n) is 4.52. The van der Waals surface area contributed by atoms with Gasteiger partial charge in [0.05, 0.1) is 7.11 Å². The minimum absolute atomic E-state index is 0.419. The second-order valence-corrected chi connectivity index (χ2v) is 4.79. The van der Waals surface area contributed by atoms with Crippen LogP contribution in [-0.4, -0.2) is 12.1 Å². The molecule has 1 aromatic heterocycles. The van der Waals surface area contributed by atoms with E-state index in [1.165, 1.54) is 0 Å². The largest absolute Gasteiger partial charge is 0.493 e. The summed E-state index contributed by atoms with van der Waals surface area (Å²) in [6.07, 6.45) is 1.75. The van der Waals surface area contributed by atoms with Crippen molar-refractivity contribution in [2.75, 3.05) is 7.11 Å². The minimum atomic E-state index is 0.419. The summed E-state index contributed by atoms with van der Waals surface area (Å²) in [7, 11) is 1.62. The van der Waals surface area contributed by atoms with Gasteiger partial charge in [-0.15, -0.1) is 11.6 Å². The molecule has 0 saturated carbocycles. The number of nitrogens with zero attached hydrogens (tertiary/aromatic N) is 1. The fourth-order valence-corrected chi connectivity index (χ4v) is 2.43. The zero-order chi connectivity index (χ0) is 14.7. The summed E-state index contributed by atoms with van der Waals surface area (Å²) in [6, 6.07) is 15.4. The van der Waals surface area contributed by atoms with Crippen LogP contribution >= 0.6 is 11.6 Å². The Morgan fingerprint density at radius 2 is 1.62 bits per heavy atom. The molecular weight excluding hydrogens is 286 g/mol. The fourth-order valence-electron chi connectivity index (χ4n) is 2.22. The van der Waals surface area contributed by atoms with Crippen molar-refractivity contribution in [1.82, 2.24) is 4.98 Å². The zero-order valence-corrected chi connectivity index (χ0v) is 12.3. The lowest BCUT2D eigenvalue weighted by Gasteiger charge is -2.12. The highest BCUT2D eigenvalue weighted by molar-refractivity contribution is 6.18. The molecule has 0 bridgehead atoms. The van der Waals surface area contributed by atoms with Gasteiger partial charge in [-0.25, -0.2) is 4.98 Å². The van der Waals surface area contributed by atoms with Gasteiger partial charge in [0.25, 0.3) is 0 Å². The Morgan fingerprint density at radius 1 is 0.952 bits per heavy atom. The normalized spacial score (nSPS) is 10.6. The van der Waals surface area contributed by atoms with Crippen molar-refractivity contribution >= 4 is 22.4 Å². The summed E-state index contributed by atoms with van der Waals surface area (Å²) in [5, 5.41) is 1.98. The van der Waals surface area contributed by atoms with Gasteiger partial charge in [0.1, 0.15) is 0 Å². The lowest BCUT2D eigenvalue weighted by molar-refractivity contribution is 0.376. The van der Waals surface area contributed by atoms with Crippen LogP contribution in [0.25, 0.3) is 10.8 Å². The Bertz CT molecular complexity index is 774. The van der Waals surface area contributed by atoms with Gasteiger partial charge in [0.15, 0.2) is 11.5 Å². The third-order valence-corrected chi connectivity index (χ3v) is 3.55. The van der Waals surface area contributed by atoms with Crippen LogP contribution in [0.15, 0.2) is 54.7 Å². The van der Waals surface area contributed by atoms with E-state index in [0.717, 1.165) is 16.3 Å². The first-order valence-electron chi connectivity index (χ1n) is 6.57. The van der Waals surface area contributed by atoms with Gasteiger partial charge in [-0.1, -0.05) is 30.3 Å².